The molecule has 0 aliphatic carbocycles. The molecular formula is C23H27N5O2S. The molecule has 1 aliphatic heterocycles. The lowest BCUT2D eigenvalue weighted by molar-refractivity contribution is 0.102. The Labute approximate surface area is 186 Å². The first-order valence-corrected chi connectivity index (χ1v) is 11.5. The van der Waals surface area contributed by atoms with Gasteiger partial charge in [-0.25, -0.2) is 4.68 Å². The lowest BCUT2D eigenvalue weighted by Crippen LogP contribution is -2.31. The molecule has 7 nitrogen and oxygen atoms in total. The monoisotopic (exact) mass is 437 g/mol. The second kappa shape index (κ2) is 9.53. The van der Waals surface area contributed by atoms with Gasteiger partial charge in [0.15, 0.2) is 5.69 Å². The SMILES string of the molecule is COc1cccc(-n2nnc(C(=O)Nc3ccc(CN4CCSCC4)cc3C)c2C)c1. The molecule has 2 heterocycles. The van der Waals surface area contributed by atoms with Crippen LogP contribution in [0.25, 0.3) is 5.69 Å². The van der Waals surface area contributed by atoms with Gasteiger partial charge in [-0.3, -0.25) is 9.69 Å². The number of hydrogen-bond acceptors (Lipinski definition) is 6. The molecule has 0 atom stereocenters. The Bertz CT molecular complexity index is 1080. The molecule has 8 heteroatoms. The maximum absolute atomic E-state index is 12.9. The van der Waals surface area contributed by atoms with Crippen LogP contribution in [-0.4, -0.2) is 57.5 Å². The lowest BCUT2D eigenvalue weighted by Gasteiger charge is -2.26. The van der Waals surface area contributed by atoms with E-state index in [1.807, 2.05) is 55.9 Å². The minimum Gasteiger partial charge on any atom is -0.497 e. The minimum atomic E-state index is -0.268. The Balaban J connectivity index is 1.47. The van der Waals surface area contributed by atoms with Crippen molar-refractivity contribution in [2.45, 2.75) is 20.4 Å². The molecule has 2 aromatic carbocycles. The van der Waals surface area contributed by atoms with Crippen LogP contribution in [0.2, 0.25) is 0 Å². The van der Waals surface area contributed by atoms with E-state index in [1.54, 1.807) is 11.8 Å². The molecule has 1 fully saturated rings. The number of anilines is 1. The average Bonchev–Trinajstić information content (AvgIpc) is 3.18. The van der Waals surface area contributed by atoms with E-state index >= 15 is 0 Å². The lowest BCUT2D eigenvalue weighted by atomic mass is 10.1. The summed E-state index contributed by atoms with van der Waals surface area (Å²) in [6.07, 6.45) is 0. The molecule has 4 rings (SSSR count). The molecule has 0 saturated carbocycles. The van der Waals surface area contributed by atoms with Crippen LogP contribution in [0.1, 0.15) is 27.3 Å². The summed E-state index contributed by atoms with van der Waals surface area (Å²) in [6.45, 7) is 7.06. The van der Waals surface area contributed by atoms with Crippen LogP contribution in [0, 0.1) is 13.8 Å². The second-order valence-corrected chi connectivity index (χ2v) is 8.85. The van der Waals surface area contributed by atoms with Crippen molar-refractivity contribution in [2.24, 2.45) is 0 Å². The summed E-state index contributed by atoms with van der Waals surface area (Å²) in [5.74, 6) is 2.85. The summed E-state index contributed by atoms with van der Waals surface area (Å²) in [4.78, 5) is 15.4. The summed E-state index contributed by atoms with van der Waals surface area (Å²) < 4.78 is 6.92. The van der Waals surface area contributed by atoms with Gasteiger partial charge in [-0.1, -0.05) is 23.4 Å². The molecule has 1 saturated heterocycles. The summed E-state index contributed by atoms with van der Waals surface area (Å²) in [5.41, 5.74) is 4.86. The molecule has 1 aromatic heterocycles. The number of nitrogens with one attached hydrogen (secondary N) is 1. The van der Waals surface area contributed by atoms with Crippen LogP contribution in [0.3, 0.4) is 0 Å². The number of rotatable bonds is 6. The van der Waals surface area contributed by atoms with E-state index in [0.717, 1.165) is 42.3 Å². The first kappa shape index (κ1) is 21.4. The zero-order valence-corrected chi connectivity index (χ0v) is 18.9. The van der Waals surface area contributed by atoms with Crippen molar-refractivity contribution in [3.63, 3.8) is 0 Å². The number of hydrogen-bond donors (Lipinski definition) is 1. The van der Waals surface area contributed by atoms with E-state index in [0.29, 0.717) is 11.4 Å². The predicted molar refractivity (Wildman–Crippen MR) is 124 cm³/mol. The van der Waals surface area contributed by atoms with E-state index < -0.39 is 0 Å². The first-order valence-electron chi connectivity index (χ1n) is 10.3. The van der Waals surface area contributed by atoms with Crippen molar-refractivity contribution in [1.29, 1.82) is 0 Å². The fourth-order valence-electron chi connectivity index (χ4n) is 3.69. The maximum Gasteiger partial charge on any atom is 0.278 e. The molecule has 0 radical (unpaired) electrons. The van der Waals surface area contributed by atoms with Gasteiger partial charge in [-0.05, 0) is 43.2 Å². The number of benzene rings is 2. The number of thioether (sulfide) groups is 1. The number of amides is 1. The largest absolute Gasteiger partial charge is 0.497 e. The molecule has 0 unspecified atom stereocenters. The van der Waals surface area contributed by atoms with Gasteiger partial charge in [0.2, 0.25) is 0 Å². The molecule has 31 heavy (non-hydrogen) atoms. The second-order valence-electron chi connectivity index (χ2n) is 7.63. The van der Waals surface area contributed by atoms with Crippen molar-refractivity contribution >= 4 is 23.4 Å². The number of carbonyl (C=O) groups excluding carboxylic acids is 1. The number of ether oxygens (including phenoxy) is 1. The zero-order chi connectivity index (χ0) is 21.8. The molecule has 0 spiro atoms. The highest BCUT2D eigenvalue weighted by atomic mass is 32.2. The van der Waals surface area contributed by atoms with Crippen LogP contribution in [-0.2, 0) is 6.54 Å². The molecule has 3 aromatic rings. The Morgan fingerprint density at radius 1 is 1.16 bits per heavy atom. The fraction of sp³-hybridized carbons (Fsp3) is 0.348. The molecule has 0 bridgehead atoms. The third kappa shape index (κ3) is 4.91. The molecule has 1 aliphatic rings. The number of aromatic nitrogens is 3. The highest BCUT2D eigenvalue weighted by molar-refractivity contribution is 7.99. The van der Waals surface area contributed by atoms with Gasteiger partial charge < -0.3 is 10.1 Å². The van der Waals surface area contributed by atoms with Crippen LogP contribution >= 0.6 is 11.8 Å². The molecular weight excluding hydrogens is 410 g/mol. The maximum atomic E-state index is 12.9. The van der Waals surface area contributed by atoms with Gasteiger partial charge in [0, 0.05) is 42.9 Å². The number of methoxy groups -OCH3 is 1. The van der Waals surface area contributed by atoms with E-state index in [-0.39, 0.29) is 5.91 Å². The zero-order valence-electron chi connectivity index (χ0n) is 18.1. The van der Waals surface area contributed by atoms with Crippen molar-refractivity contribution < 1.29 is 9.53 Å². The van der Waals surface area contributed by atoms with Crippen molar-refractivity contribution in [3.8, 4) is 11.4 Å². The van der Waals surface area contributed by atoms with Crippen LogP contribution in [0.15, 0.2) is 42.5 Å². The van der Waals surface area contributed by atoms with Gasteiger partial charge >= 0.3 is 0 Å². The van der Waals surface area contributed by atoms with Crippen LogP contribution < -0.4 is 10.1 Å². The standard InChI is InChI=1S/C23H27N5O2S/c1-16-13-18(15-27-9-11-31-12-10-27)7-8-21(16)24-23(29)22-17(2)28(26-25-22)19-5-4-6-20(14-19)30-3/h4-8,13-14H,9-12,15H2,1-3H3,(H,24,29). The average molecular weight is 438 g/mol. The molecule has 1 N–H and O–H groups in total. The topological polar surface area (TPSA) is 72.3 Å². The Hall–Kier alpha value is -2.84. The van der Waals surface area contributed by atoms with Gasteiger partial charge in [0.05, 0.1) is 18.5 Å². The highest BCUT2D eigenvalue weighted by Crippen LogP contribution is 2.22. The normalized spacial score (nSPS) is 14.4. The Kier molecular flexibility index (Phi) is 6.58. The van der Waals surface area contributed by atoms with Gasteiger partial charge in [-0.15, -0.1) is 5.10 Å². The molecule has 1 amide bonds. The summed E-state index contributed by atoms with van der Waals surface area (Å²) in [7, 11) is 1.62. The minimum absolute atomic E-state index is 0.268. The van der Waals surface area contributed by atoms with Gasteiger partial charge in [-0.2, -0.15) is 11.8 Å². The van der Waals surface area contributed by atoms with E-state index in [2.05, 4.69) is 32.7 Å². The number of aryl methyl sites for hydroxylation is 1. The third-order valence-corrected chi connectivity index (χ3v) is 6.40. The van der Waals surface area contributed by atoms with Crippen LogP contribution in [0.4, 0.5) is 5.69 Å². The Morgan fingerprint density at radius 3 is 2.71 bits per heavy atom. The van der Waals surface area contributed by atoms with Crippen LogP contribution in [0.5, 0.6) is 5.75 Å². The number of carbonyl (C=O) groups is 1. The molecule has 162 valence electrons. The van der Waals surface area contributed by atoms with Crippen molar-refractivity contribution in [1.82, 2.24) is 19.9 Å². The van der Waals surface area contributed by atoms with E-state index in [4.69, 9.17) is 4.74 Å². The van der Waals surface area contributed by atoms with Gasteiger partial charge in [0.1, 0.15) is 5.75 Å². The van der Waals surface area contributed by atoms with Gasteiger partial charge in [0.25, 0.3) is 5.91 Å². The van der Waals surface area contributed by atoms with E-state index in [1.165, 1.54) is 17.1 Å². The number of nitrogens with zero attached hydrogens (tertiary/aromatic N) is 4. The fourth-order valence-corrected chi connectivity index (χ4v) is 4.67. The summed E-state index contributed by atoms with van der Waals surface area (Å²) in [5, 5.41) is 11.3. The predicted octanol–water partition coefficient (Wildman–Crippen LogP) is 3.69. The van der Waals surface area contributed by atoms with Crippen molar-refractivity contribution in [3.05, 3.63) is 65.0 Å². The smallest absolute Gasteiger partial charge is 0.278 e. The quantitative estimate of drug-likeness (QED) is 0.634. The van der Waals surface area contributed by atoms with Crippen molar-refractivity contribution in [2.75, 3.05) is 37.0 Å². The van der Waals surface area contributed by atoms with E-state index in [9.17, 15) is 4.79 Å². The third-order valence-electron chi connectivity index (χ3n) is 5.46. The Morgan fingerprint density at radius 2 is 1.97 bits per heavy atom. The summed E-state index contributed by atoms with van der Waals surface area (Å²) in [6, 6.07) is 13.7. The summed E-state index contributed by atoms with van der Waals surface area (Å²) >= 11 is 2.01. The first-order chi connectivity index (χ1) is 15.0. The highest BCUT2D eigenvalue weighted by Gasteiger charge is 2.19.